The molecule has 0 bridgehead atoms. The number of halogens is 1. The number of rotatable bonds is 10. The smallest absolute Gasteiger partial charge is 0.137 e. The van der Waals surface area contributed by atoms with Crippen LogP contribution in [0.15, 0.2) is 41.8 Å². The molecule has 0 atom stereocenters. The average molecular weight is 472 g/mol. The van der Waals surface area contributed by atoms with Gasteiger partial charge in [0.05, 0.1) is 18.0 Å². The molecule has 0 unspecified atom stereocenters. The summed E-state index contributed by atoms with van der Waals surface area (Å²) in [7, 11) is 1.75. The lowest BCUT2D eigenvalue weighted by Gasteiger charge is -2.36. The molecule has 0 amide bonds. The van der Waals surface area contributed by atoms with Gasteiger partial charge in [-0.2, -0.15) is 5.10 Å². The first kappa shape index (κ1) is 23.9. The first-order valence-electron chi connectivity index (χ1n) is 11.6. The number of methoxy groups -OCH3 is 1. The Morgan fingerprint density at radius 1 is 1.09 bits per heavy atom. The van der Waals surface area contributed by atoms with Gasteiger partial charge in [-0.3, -0.25) is 4.90 Å². The number of benzene rings is 1. The van der Waals surface area contributed by atoms with Crippen LogP contribution in [0.1, 0.15) is 23.1 Å². The second-order valence-electron chi connectivity index (χ2n) is 8.48. The number of ether oxygens (including phenoxy) is 1. The molecular formula is C25H34FN5OS. The normalized spacial score (nSPS) is 15.0. The van der Waals surface area contributed by atoms with Crippen molar-refractivity contribution >= 4 is 17.2 Å². The van der Waals surface area contributed by atoms with Gasteiger partial charge in [0.25, 0.3) is 0 Å². The van der Waals surface area contributed by atoms with Gasteiger partial charge >= 0.3 is 0 Å². The quantitative estimate of drug-likeness (QED) is 0.444. The monoisotopic (exact) mass is 471 g/mol. The highest BCUT2D eigenvalue weighted by molar-refractivity contribution is 7.09. The Hall–Kier alpha value is -2.26. The highest BCUT2D eigenvalue weighted by Gasteiger charge is 2.26. The zero-order valence-electron chi connectivity index (χ0n) is 19.8. The zero-order chi connectivity index (χ0) is 23.2. The molecule has 6 nitrogen and oxygen atoms in total. The third-order valence-electron chi connectivity index (χ3n) is 6.30. The Kier molecular flexibility index (Phi) is 8.14. The molecule has 1 aliphatic rings. The fourth-order valence-corrected chi connectivity index (χ4v) is 5.12. The summed E-state index contributed by atoms with van der Waals surface area (Å²) in [6.07, 6.45) is 0. The largest absolute Gasteiger partial charge is 0.383 e. The predicted molar refractivity (Wildman–Crippen MR) is 133 cm³/mol. The number of aromatic nitrogens is 2. The van der Waals surface area contributed by atoms with E-state index in [2.05, 4.69) is 46.1 Å². The van der Waals surface area contributed by atoms with E-state index in [1.54, 1.807) is 18.4 Å². The highest BCUT2D eigenvalue weighted by atomic mass is 32.1. The number of aryl methyl sites for hydroxylation is 1. The second-order valence-corrected chi connectivity index (χ2v) is 9.51. The molecule has 8 heteroatoms. The Morgan fingerprint density at radius 3 is 2.48 bits per heavy atom. The highest BCUT2D eigenvalue weighted by Crippen LogP contribution is 2.30. The van der Waals surface area contributed by atoms with Gasteiger partial charge in [0.2, 0.25) is 0 Å². The Bertz CT molecular complexity index is 997. The van der Waals surface area contributed by atoms with Gasteiger partial charge in [0, 0.05) is 63.4 Å². The summed E-state index contributed by atoms with van der Waals surface area (Å²) >= 11 is 1.78. The minimum atomic E-state index is -0.234. The summed E-state index contributed by atoms with van der Waals surface area (Å²) in [5.41, 5.74) is 3.14. The third-order valence-corrected chi connectivity index (χ3v) is 7.16. The van der Waals surface area contributed by atoms with Gasteiger partial charge < -0.3 is 14.5 Å². The van der Waals surface area contributed by atoms with Crippen LogP contribution in [-0.2, 0) is 17.8 Å². The summed E-state index contributed by atoms with van der Waals surface area (Å²) in [5, 5.41) is 7.06. The van der Waals surface area contributed by atoms with E-state index in [9.17, 15) is 4.39 Å². The van der Waals surface area contributed by atoms with Crippen molar-refractivity contribution < 1.29 is 9.13 Å². The van der Waals surface area contributed by atoms with E-state index in [1.807, 2.05) is 16.8 Å². The molecule has 1 saturated heterocycles. The summed E-state index contributed by atoms with van der Waals surface area (Å²) in [6, 6.07) is 10.9. The number of nitrogens with zero attached hydrogens (tertiary/aromatic N) is 5. The van der Waals surface area contributed by atoms with Gasteiger partial charge in [-0.05, 0) is 49.2 Å². The van der Waals surface area contributed by atoms with E-state index < -0.39 is 0 Å². The molecule has 1 aromatic carbocycles. The zero-order valence-corrected chi connectivity index (χ0v) is 20.7. The van der Waals surface area contributed by atoms with Crippen LogP contribution in [0.3, 0.4) is 0 Å². The van der Waals surface area contributed by atoms with Crippen molar-refractivity contribution in [1.82, 2.24) is 19.6 Å². The molecule has 0 N–H and O–H groups in total. The Balaban J connectivity index is 1.68. The molecule has 3 aromatic rings. The van der Waals surface area contributed by atoms with Crippen LogP contribution in [0.25, 0.3) is 5.69 Å². The summed E-state index contributed by atoms with van der Waals surface area (Å²) < 4.78 is 21.0. The van der Waals surface area contributed by atoms with Crippen LogP contribution < -0.4 is 4.90 Å². The maximum Gasteiger partial charge on any atom is 0.137 e. The molecule has 0 radical (unpaired) electrons. The number of hydrogen-bond donors (Lipinski definition) is 0. The molecule has 0 saturated carbocycles. The van der Waals surface area contributed by atoms with E-state index in [1.165, 1.54) is 22.6 Å². The molecule has 3 heterocycles. The maximum absolute atomic E-state index is 13.6. The topological polar surface area (TPSA) is 36.8 Å². The van der Waals surface area contributed by atoms with Gasteiger partial charge in [-0.15, -0.1) is 11.3 Å². The van der Waals surface area contributed by atoms with Crippen LogP contribution in [0, 0.1) is 12.7 Å². The Labute approximate surface area is 200 Å². The van der Waals surface area contributed by atoms with Crippen molar-refractivity contribution in [2.24, 2.45) is 0 Å². The number of anilines is 1. The predicted octanol–water partition coefficient (Wildman–Crippen LogP) is 4.17. The van der Waals surface area contributed by atoms with Crippen molar-refractivity contribution in [1.29, 1.82) is 0 Å². The van der Waals surface area contributed by atoms with Gasteiger partial charge in [0.1, 0.15) is 11.6 Å². The SMILES string of the molecule is CCN1CCN(c2c(CN(CCOC)Cc3cccs3)c(C)nn2-c2ccc(F)cc2)CC1. The van der Waals surface area contributed by atoms with E-state index in [0.717, 1.165) is 69.6 Å². The first-order valence-corrected chi connectivity index (χ1v) is 12.5. The minimum Gasteiger partial charge on any atom is -0.383 e. The van der Waals surface area contributed by atoms with E-state index in [0.29, 0.717) is 6.61 Å². The van der Waals surface area contributed by atoms with Gasteiger partial charge in [-0.1, -0.05) is 13.0 Å². The average Bonchev–Trinajstić information content (AvgIpc) is 3.46. The van der Waals surface area contributed by atoms with Crippen molar-refractivity contribution in [3.05, 3.63) is 63.7 Å². The number of likely N-dealkylation sites (N-methyl/N-ethyl adjacent to an activating group) is 1. The van der Waals surface area contributed by atoms with Crippen molar-refractivity contribution in [3.63, 3.8) is 0 Å². The molecule has 1 fully saturated rings. The molecule has 0 aliphatic carbocycles. The molecular weight excluding hydrogens is 437 g/mol. The maximum atomic E-state index is 13.6. The Morgan fingerprint density at radius 2 is 1.85 bits per heavy atom. The minimum absolute atomic E-state index is 0.234. The number of piperazine rings is 1. The molecule has 2 aromatic heterocycles. The standard InChI is InChI=1S/C25H34FN5OS/c1-4-28-11-13-30(14-12-28)25-24(19-29(15-16-32-3)18-23-6-5-17-33-23)20(2)27-31(25)22-9-7-21(26)8-10-22/h5-10,17H,4,11-16,18-19H2,1-3H3. The summed E-state index contributed by atoms with van der Waals surface area (Å²) in [4.78, 5) is 8.70. The van der Waals surface area contributed by atoms with E-state index in [4.69, 9.17) is 9.84 Å². The van der Waals surface area contributed by atoms with Crippen LogP contribution in [0.5, 0.6) is 0 Å². The van der Waals surface area contributed by atoms with Crippen LogP contribution in [0.4, 0.5) is 10.2 Å². The van der Waals surface area contributed by atoms with Crippen molar-refractivity contribution in [2.75, 3.05) is 57.9 Å². The number of thiophene rings is 1. The van der Waals surface area contributed by atoms with Crippen molar-refractivity contribution in [2.45, 2.75) is 26.9 Å². The van der Waals surface area contributed by atoms with E-state index >= 15 is 0 Å². The first-order chi connectivity index (χ1) is 16.1. The molecule has 4 rings (SSSR count). The molecule has 1 aliphatic heterocycles. The number of hydrogen-bond acceptors (Lipinski definition) is 6. The second kappa shape index (κ2) is 11.2. The van der Waals surface area contributed by atoms with Gasteiger partial charge in [0.15, 0.2) is 0 Å². The molecule has 0 spiro atoms. The summed E-state index contributed by atoms with van der Waals surface area (Å²) in [6.45, 7) is 12.5. The van der Waals surface area contributed by atoms with Crippen LogP contribution >= 0.6 is 11.3 Å². The fraction of sp³-hybridized carbons (Fsp3) is 0.480. The fourth-order valence-electron chi connectivity index (χ4n) is 4.38. The molecule has 33 heavy (non-hydrogen) atoms. The lowest BCUT2D eigenvalue weighted by Crippen LogP contribution is -2.47. The summed E-state index contributed by atoms with van der Waals surface area (Å²) in [5.74, 6) is 0.895. The third kappa shape index (κ3) is 5.81. The lowest BCUT2D eigenvalue weighted by atomic mass is 10.2. The lowest BCUT2D eigenvalue weighted by molar-refractivity contribution is 0.140. The van der Waals surface area contributed by atoms with Gasteiger partial charge in [-0.25, -0.2) is 9.07 Å². The van der Waals surface area contributed by atoms with Crippen LogP contribution in [0.2, 0.25) is 0 Å². The van der Waals surface area contributed by atoms with E-state index in [-0.39, 0.29) is 5.82 Å². The van der Waals surface area contributed by atoms with Crippen molar-refractivity contribution in [3.8, 4) is 5.69 Å². The molecule has 178 valence electrons. The van der Waals surface area contributed by atoms with Crippen LogP contribution in [-0.4, -0.2) is 72.6 Å².